The number of nitrogens with zero attached hydrogens (tertiary/aromatic N) is 4. The van der Waals surface area contributed by atoms with E-state index in [-0.39, 0.29) is 57.9 Å². The summed E-state index contributed by atoms with van der Waals surface area (Å²) in [5.74, 6) is -1.25. The maximum absolute atomic E-state index is 13.7. The van der Waals surface area contributed by atoms with Crippen LogP contribution in [-0.4, -0.2) is 109 Å². The fourth-order valence-electron chi connectivity index (χ4n) is 10.4. The average molecular weight is 1440 g/mol. The number of pyridine rings is 1. The number of hydrogen-bond acceptors (Lipinski definition) is 15. The Kier molecular flexibility index (Phi) is 25.1. The Balaban J connectivity index is 0.000000179. The molecule has 6 aromatic carbocycles. The van der Waals surface area contributed by atoms with Crippen molar-refractivity contribution in [3.8, 4) is 28.6 Å². The van der Waals surface area contributed by atoms with Gasteiger partial charge in [0.2, 0.25) is 0 Å². The third kappa shape index (κ3) is 20.7. The van der Waals surface area contributed by atoms with Crippen LogP contribution in [0.25, 0.3) is 33.9 Å². The molecule has 0 saturated heterocycles. The predicted octanol–water partition coefficient (Wildman–Crippen LogP) is 15.1. The summed E-state index contributed by atoms with van der Waals surface area (Å²) in [6, 6.07) is 37.9. The lowest BCUT2D eigenvalue weighted by Gasteiger charge is -2.18. The van der Waals surface area contributed by atoms with Crippen LogP contribution < -0.4 is 46.7 Å². The number of fused-ring (bicyclic) bond motifs is 2. The minimum absolute atomic E-state index is 0.0664. The van der Waals surface area contributed by atoms with E-state index in [0.29, 0.717) is 104 Å². The van der Waals surface area contributed by atoms with Crippen LogP contribution in [0, 0.1) is 25.5 Å². The number of H-pyrrole nitrogens is 1. The molecule has 10 aromatic rings. The summed E-state index contributed by atoms with van der Waals surface area (Å²) in [5.41, 5.74) is 7.65. The summed E-state index contributed by atoms with van der Waals surface area (Å²) in [7, 11) is -1.51. The number of anilines is 5. The standard InChI is InChI=1S/C29H26ClFN4O4S.C22H19ClF2N4O3.C22H27FN4O2/c1-40(36,37)12-11-32-16-23-7-10-27(39-23)20-5-8-26-24(14-20)29(34-18-33-26)35-22-6-9-28(25(30)15-22)38-17-19-3-2-4-21(31)13-19;1-22(24,25)17-11-14(5-8-18(17)23)29-21(31)28-13-3-6-15(7-4-13)32-16-9-10-27-19(12-16)20(30)26-2;1-5-27(6-2)10-9-24-22(29)20-13(3)19(25-14(20)4)12-17-16-11-15(23)7-8-18(16)26-21(17)28/h2-10,13-15,18,32H,11-12,16-17H2,1H3,(H,33,34,35);3-12H,1-2H3,(H,26,30)(H2,28,29,31);7-8,11-12,25H,5-6,9-10H2,1-4H3,(H,24,29)(H,26,28)/b;;17-12-. The molecule has 0 fully saturated rings. The molecule has 0 saturated carbocycles. The maximum atomic E-state index is 13.7. The van der Waals surface area contributed by atoms with E-state index in [9.17, 15) is 45.2 Å². The van der Waals surface area contributed by atoms with Crippen LogP contribution in [0.5, 0.6) is 17.2 Å². The van der Waals surface area contributed by atoms with Crippen molar-refractivity contribution in [2.24, 2.45) is 0 Å². The molecular formula is C73H72Cl2F4N12O9S. The number of alkyl halides is 2. The highest BCUT2D eigenvalue weighted by molar-refractivity contribution is 7.90. The summed E-state index contributed by atoms with van der Waals surface area (Å²) < 4.78 is 94.3. The third-order valence-corrected chi connectivity index (χ3v) is 17.2. The maximum Gasteiger partial charge on any atom is 0.323 e. The van der Waals surface area contributed by atoms with E-state index in [0.717, 1.165) is 60.3 Å². The second kappa shape index (κ2) is 33.9. The molecule has 5 amide bonds. The van der Waals surface area contributed by atoms with Gasteiger partial charge < -0.3 is 61.0 Å². The Morgan fingerprint density at radius 1 is 0.772 bits per heavy atom. The largest absolute Gasteiger partial charge is 0.487 e. The normalized spacial score (nSPS) is 12.2. The van der Waals surface area contributed by atoms with Gasteiger partial charge in [-0.3, -0.25) is 19.4 Å². The van der Waals surface area contributed by atoms with Crippen molar-refractivity contribution in [1.29, 1.82) is 0 Å². The Labute approximate surface area is 590 Å². The molecule has 8 N–H and O–H groups in total. The van der Waals surface area contributed by atoms with Gasteiger partial charge in [0.05, 0.1) is 34.0 Å². The van der Waals surface area contributed by atoms with Crippen molar-refractivity contribution < 1.29 is 59.0 Å². The number of likely N-dealkylation sites (N-methyl/N-ethyl adjacent to an activating group) is 1. The fourth-order valence-corrected chi connectivity index (χ4v) is 11.4. The quantitative estimate of drug-likeness (QED) is 0.0159. The molecule has 526 valence electrons. The van der Waals surface area contributed by atoms with E-state index in [4.69, 9.17) is 37.1 Å². The highest BCUT2D eigenvalue weighted by Crippen LogP contribution is 2.38. The van der Waals surface area contributed by atoms with Crippen molar-refractivity contribution >= 4 is 108 Å². The van der Waals surface area contributed by atoms with Gasteiger partial charge in [0, 0.05) is 113 Å². The number of carbonyl (C=O) groups is 4. The first-order valence-electron chi connectivity index (χ1n) is 31.6. The second-order valence-corrected chi connectivity index (χ2v) is 26.2. The number of carbonyl (C=O) groups excluding carboxylic acids is 4. The molecule has 0 aliphatic carbocycles. The van der Waals surface area contributed by atoms with Crippen LogP contribution >= 0.6 is 23.2 Å². The van der Waals surface area contributed by atoms with E-state index in [1.165, 1.54) is 68.3 Å². The number of furan rings is 1. The van der Waals surface area contributed by atoms with Gasteiger partial charge in [0.1, 0.15) is 74.7 Å². The van der Waals surface area contributed by atoms with Crippen LogP contribution in [0.3, 0.4) is 0 Å². The zero-order chi connectivity index (χ0) is 72.5. The Bertz CT molecular complexity index is 4800. The molecule has 101 heavy (non-hydrogen) atoms. The number of hydrogen-bond donors (Lipinski definition) is 8. The molecule has 21 nitrogen and oxygen atoms in total. The van der Waals surface area contributed by atoms with Gasteiger partial charge in [0.15, 0.2) is 0 Å². The zero-order valence-electron chi connectivity index (χ0n) is 55.9. The highest BCUT2D eigenvalue weighted by atomic mass is 35.5. The number of sulfone groups is 1. The molecule has 11 rings (SSSR count). The lowest BCUT2D eigenvalue weighted by molar-refractivity contribution is -0.110. The highest BCUT2D eigenvalue weighted by Gasteiger charge is 2.29. The first-order valence-corrected chi connectivity index (χ1v) is 34.5. The number of halogens is 6. The fraction of sp³-hybridized carbons (Fsp3) is 0.219. The van der Waals surface area contributed by atoms with E-state index >= 15 is 0 Å². The minimum Gasteiger partial charge on any atom is -0.487 e. The van der Waals surface area contributed by atoms with E-state index in [1.807, 2.05) is 50.2 Å². The van der Waals surface area contributed by atoms with Crippen molar-refractivity contribution in [3.63, 3.8) is 0 Å². The molecule has 0 bridgehead atoms. The number of aryl methyl sites for hydroxylation is 1. The van der Waals surface area contributed by atoms with Gasteiger partial charge in [-0.2, -0.15) is 0 Å². The van der Waals surface area contributed by atoms with Crippen LogP contribution in [0.4, 0.5) is 50.9 Å². The van der Waals surface area contributed by atoms with E-state index in [1.54, 1.807) is 66.7 Å². The molecule has 0 unspecified atom stereocenters. The smallest absolute Gasteiger partial charge is 0.323 e. The summed E-state index contributed by atoms with van der Waals surface area (Å²) in [5, 5.41) is 20.7. The lowest BCUT2D eigenvalue weighted by Crippen LogP contribution is -2.35. The number of rotatable bonds is 24. The number of amides is 5. The lowest BCUT2D eigenvalue weighted by atomic mass is 10.0. The number of urea groups is 1. The first kappa shape index (κ1) is 74.6. The monoisotopic (exact) mass is 1440 g/mol. The van der Waals surface area contributed by atoms with Gasteiger partial charge >= 0.3 is 6.03 Å². The molecule has 28 heteroatoms. The SMILES string of the molecule is CCN(CC)CCNC(=O)c1c(C)[nH]c(/C=C2\C(=O)Nc3ccc(F)cc32)c1C.CNC(=O)c1cc(Oc2ccc(NC(=O)Nc3ccc(Cl)c(C(C)(F)F)c3)cc2)ccn1.CS(=O)(=O)CCNCc1ccc(-c2ccc3ncnc(Nc4ccc(OCc5cccc(F)c5)c(Cl)c4)c3c2)o1. The molecule has 1 aliphatic heterocycles. The minimum atomic E-state index is -3.14. The molecular weight excluding hydrogens is 1370 g/mol. The second-order valence-electron chi connectivity index (χ2n) is 23.1. The predicted molar refractivity (Wildman–Crippen MR) is 385 cm³/mol. The third-order valence-electron chi connectivity index (χ3n) is 15.6. The Hall–Kier alpha value is -10.6. The zero-order valence-corrected chi connectivity index (χ0v) is 58.2. The Morgan fingerprint density at radius 3 is 2.24 bits per heavy atom. The van der Waals surface area contributed by atoms with Gasteiger partial charge in [-0.25, -0.2) is 40.7 Å². The van der Waals surface area contributed by atoms with Crippen molar-refractivity contribution in [3.05, 3.63) is 230 Å². The van der Waals surface area contributed by atoms with Crippen molar-refractivity contribution in [2.45, 2.75) is 53.7 Å². The molecule has 5 heterocycles. The van der Waals surface area contributed by atoms with Gasteiger partial charge in [0.25, 0.3) is 23.6 Å². The van der Waals surface area contributed by atoms with Crippen LogP contribution in [0.15, 0.2) is 163 Å². The molecule has 4 aromatic heterocycles. The Morgan fingerprint density at radius 2 is 1.51 bits per heavy atom. The topological polar surface area (TPSA) is 276 Å². The summed E-state index contributed by atoms with van der Waals surface area (Å²) >= 11 is 12.3. The van der Waals surface area contributed by atoms with Crippen molar-refractivity contribution in [1.82, 2.24) is 40.8 Å². The van der Waals surface area contributed by atoms with Crippen molar-refractivity contribution in [2.75, 3.05) is 73.0 Å². The summed E-state index contributed by atoms with van der Waals surface area (Å²) in [6.45, 7) is 12.8. The number of aromatic nitrogens is 4. The number of nitrogens with one attached hydrogen (secondary N) is 8. The average Bonchev–Trinajstić information content (AvgIpc) is 1.71. The number of benzene rings is 6. The van der Waals surface area contributed by atoms with E-state index < -0.39 is 27.6 Å². The molecule has 0 atom stereocenters. The summed E-state index contributed by atoms with van der Waals surface area (Å²) in [6.07, 6.45) is 5.82. The number of aromatic amines is 1. The molecule has 1 aliphatic rings. The number of ether oxygens (including phenoxy) is 2. The van der Waals surface area contributed by atoms with Gasteiger partial charge in [-0.1, -0.05) is 49.2 Å². The summed E-state index contributed by atoms with van der Waals surface area (Å²) in [4.78, 5) is 67.1. The van der Waals surface area contributed by atoms with E-state index in [2.05, 4.69) is 75.9 Å². The van der Waals surface area contributed by atoms with Crippen LogP contribution in [0.1, 0.15) is 81.0 Å². The van der Waals surface area contributed by atoms with Crippen LogP contribution in [-0.2, 0) is 33.7 Å². The van der Waals surface area contributed by atoms with Gasteiger partial charge in [-0.05, 0) is 172 Å². The molecule has 0 spiro atoms. The van der Waals surface area contributed by atoms with Crippen LogP contribution in [0.2, 0.25) is 10.0 Å². The van der Waals surface area contributed by atoms with Gasteiger partial charge in [-0.15, -0.1) is 0 Å². The molecule has 0 radical (unpaired) electrons. The first-order chi connectivity index (χ1) is 48.2.